The van der Waals surface area contributed by atoms with Crippen LogP contribution in [0.5, 0.6) is 11.5 Å². The fourth-order valence-electron chi connectivity index (χ4n) is 3.92. The summed E-state index contributed by atoms with van der Waals surface area (Å²) in [5.74, 6) is -0.384. The van der Waals surface area contributed by atoms with Gasteiger partial charge in [0.15, 0.2) is 0 Å². The second kappa shape index (κ2) is 9.81. The summed E-state index contributed by atoms with van der Waals surface area (Å²) in [5, 5.41) is 2.98. The predicted molar refractivity (Wildman–Crippen MR) is 116 cm³/mol. The Hall–Kier alpha value is -3.09. The Labute approximate surface area is 182 Å². The Bertz CT molecular complexity index is 947. The zero-order chi connectivity index (χ0) is 22.5. The highest BCUT2D eigenvalue weighted by Crippen LogP contribution is 2.40. The lowest BCUT2D eigenvalue weighted by Gasteiger charge is -2.21. The summed E-state index contributed by atoms with van der Waals surface area (Å²) in [4.78, 5) is 27.7. The van der Waals surface area contributed by atoms with Gasteiger partial charge in [-0.05, 0) is 36.2 Å². The van der Waals surface area contributed by atoms with Gasteiger partial charge >= 0.3 is 0 Å². The third kappa shape index (κ3) is 4.98. The van der Waals surface area contributed by atoms with Crippen LogP contribution in [0.1, 0.15) is 35.7 Å². The second-order valence-electron chi connectivity index (χ2n) is 8.15. The molecule has 0 spiro atoms. The maximum atomic E-state index is 14.2. The first kappa shape index (κ1) is 22.6. The van der Waals surface area contributed by atoms with Crippen molar-refractivity contribution in [3.8, 4) is 11.5 Å². The lowest BCUT2D eigenvalue weighted by molar-refractivity contribution is -0.125. The number of carbonyl (C=O) groups is 2. The van der Waals surface area contributed by atoms with E-state index in [0.717, 1.165) is 5.56 Å². The number of hydrogen-bond donors (Lipinski definition) is 1. The molecule has 2 aromatic carbocycles. The Morgan fingerprint density at radius 2 is 1.87 bits per heavy atom. The molecule has 2 atom stereocenters. The van der Waals surface area contributed by atoms with Crippen LogP contribution in [0.4, 0.5) is 4.39 Å². The van der Waals surface area contributed by atoms with Gasteiger partial charge in [0.25, 0.3) is 5.91 Å². The molecule has 0 unspecified atom stereocenters. The van der Waals surface area contributed by atoms with Crippen molar-refractivity contribution in [3.63, 3.8) is 0 Å². The van der Waals surface area contributed by atoms with Crippen LogP contribution in [0.25, 0.3) is 0 Å². The van der Waals surface area contributed by atoms with E-state index in [2.05, 4.69) is 5.32 Å². The van der Waals surface area contributed by atoms with Gasteiger partial charge in [0.1, 0.15) is 17.3 Å². The van der Waals surface area contributed by atoms with Crippen molar-refractivity contribution < 1.29 is 23.5 Å². The molecule has 31 heavy (non-hydrogen) atoms. The van der Waals surface area contributed by atoms with E-state index in [4.69, 9.17) is 9.47 Å². The molecule has 166 valence electrons. The molecule has 3 rings (SSSR count). The zero-order valence-electron chi connectivity index (χ0n) is 18.4. The molecule has 1 saturated heterocycles. The van der Waals surface area contributed by atoms with Crippen LogP contribution >= 0.6 is 0 Å². The number of likely N-dealkylation sites (tertiary alicyclic amines) is 1. The van der Waals surface area contributed by atoms with E-state index in [0.29, 0.717) is 24.0 Å². The average Bonchev–Trinajstić information content (AvgIpc) is 3.22. The fraction of sp³-hybridized carbons (Fsp3) is 0.417. The van der Waals surface area contributed by atoms with Crippen molar-refractivity contribution in [1.29, 1.82) is 0 Å². The van der Waals surface area contributed by atoms with Crippen LogP contribution in [0, 0.1) is 17.7 Å². The summed E-state index contributed by atoms with van der Waals surface area (Å²) < 4.78 is 25.1. The number of benzene rings is 2. The Kier molecular flexibility index (Phi) is 7.15. The number of methoxy groups -OCH3 is 2. The Morgan fingerprint density at radius 3 is 2.52 bits per heavy atom. The summed E-state index contributed by atoms with van der Waals surface area (Å²) in [6.45, 7) is 5.05. The summed E-state index contributed by atoms with van der Waals surface area (Å²) >= 11 is 0. The van der Waals surface area contributed by atoms with Gasteiger partial charge in [-0.15, -0.1) is 0 Å². The van der Waals surface area contributed by atoms with Crippen molar-refractivity contribution in [2.45, 2.75) is 19.8 Å². The van der Waals surface area contributed by atoms with Crippen LogP contribution in [-0.2, 0) is 4.79 Å². The largest absolute Gasteiger partial charge is 0.497 e. The van der Waals surface area contributed by atoms with Gasteiger partial charge in [0.2, 0.25) is 5.91 Å². The first-order valence-electron chi connectivity index (χ1n) is 10.4. The minimum Gasteiger partial charge on any atom is -0.497 e. The molecule has 0 aliphatic carbocycles. The van der Waals surface area contributed by atoms with Crippen molar-refractivity contribution in [2.24, 2.45) is 11.8 Å². The highest BCUT2D eigenvalue weighted by Gasteiger charge is 2.42. The molecule has 1 N–H and O–H groups in total. The van der Waals surface area contributed by atoms with Crippen LogP contribution in [0.2, 0.25) is 0 Å². The number of halogens is 1. The van der Waals surface area contributed by atoms with Crippen molar-refractivity contribution in [1.82, 2.24) is 10.2 Å². The number of nitrogens with one attached hydrogen (secondary N) is 1. The number of amides is 2. The number of carbonyl (C=O) groups excluding carboxylic acids is 2. The molecule has 1 aliphatic rings. The molecule has 1 aliphatic heterocycles. The summed E-state index contributed by atoms with van der Waals surface area (Å²) in [6.07, 6.45) is 0. The third-order valence-corrected chi connectivity index (χ3v) is 5.57. The van der Waals surface area contributed by atoms with Gasteiger partial charge < -0.3 is 19.7 Å². The maximum absolute atomic E-state index is 14.2. The summed E-state index contributed by atoms with van der Waals surface area (Å²) in [5.41, 5.74) is 0.789. The molecule has 0 saturated carbocycles. The topological polar surface area (TPSA) is 67.9 Å². The molecule has 7 heteroatoms. The normalized spacial score (nSPS) is 18.2. The van der Waals surface area contributed by atoms with Gasteiger partial charge in [-0.1, -0.05) is 26.0 Å². The molecule has 2 aromatic rings. The lowest BCUT2D eigenvalue weighted by atomic mass is 9.87. The summed E-state index contributed by atoms with van der Waals surface area (Å²) in [7, 11) is 3.14. The van der Waals surface area contributed by atoms with Crippen LogP contribution < -0.4 is 14.8 Å². The molecule has 6 nitrogen and oxygen atoms in total. The quantitative estimate of drug-likeness (QED) is 0.733. The molecule has 0 radical (unpaired) electrons. The van der Waals surface area contributed by atoms with E-state index in [1.165, 1.54) is 12.1 Å². The van der Waals surface area contributed by atoms with E-state index in [9.17, 15) is 14.0 Å². The first-order valence-corrected chi connectivity index (χ1v) is 10.4. The molecule has 1 fully saturated rings. The molecule has 2 amide bonds. The number of hydrogen-bond acceptors (Lipinski definition) is 4. The first-order chi connectivity index (χ1) is 14.8. The van der Waals surface area contributed by atoms with Gasteiger partial charge in [-0.2, -0.15) is 0 Å². The standard InChI is InChI=1S/C24H29FN2O4/c1-15(2)12-26-23(28)20-14-27(24(29)17-7-5-6-8-21(17)25)13-19(20)18-11-16(30-3)9-10-22(18)31-4/h5-11,15,19-20H,12-14H2,1-4H3,(H,26,28)/t19-,20-/m0/s1. The van der Waals surface area contributed by atoms with E-state index < -0.39 is 17.6 Å². The fourth-order valence-corrected chi connectivity index (χ4v) is 3.92. The average molecular weight is 429 g/mol. The van der Waals surface area contributed by atoms with Crippen molar-refractivity contribution in [3.05, 3.63) is 59.4 Å². The third-order valence-electron chi connectivity index (χ3n) is 5.57. The van der Waals surface area contributed by atoms with Crippen LogP contribution in [-0.4, -0.2) is 50.6 Å². The number of nitrogens with zero attached hydrogens (tertiary/aromatic N) is 1. The monoisotopic (exact) mass is 428 g/mol. The molecular formula is C24H29FN2O4. The van der Waals surface area contributed by atoms with Gasteiger partial charge in [0, 0.05) is 31.1 Å². The highest BCUT2D eigenvalue weighted by molar-refractivity contribution is 5.95. The minimum atomic E-state index is -0.573. The summed E-state index contributed by atoms with van der Waals surface area (Å²) in [6, 6.07) is 11.3. The number of rotatable bonds is 7. The highest BCUT2D eigenvalue weighted by atomic mass is 19.1. The second-order valence-corrected chi connectivity index (χ2v) is 8.15. The van der Waals surface area contributed by atoms with Crippen LogP contribution in [0.3, 0.4) is 0 Å². The van der Waals surface area contributed by atoms with Crippen LogP contribution in [0.15, 0.2) is 42.5 Å². The van der Waals surface area contributed by atoms with Gasteiger partial charge in [-0.3, -0.25) is 9.59 Å². The number of ether oxygens (including phenoxy) is 2. The maximum Gasteiger partial charge on any atom is 0.256 e. The zero-order valence-corrected chi connectivity index (χ0v) is 18.4. The van der Waals surface area contributed by atoms with Crippen molar-refractivity contribution >= 4 is 11.8 Å². The Morgan fingerprint density at radius 1 is 1.13 bits per heavy atom. The minimum absolute atomic E-state index is 0.00194. The predicted octanol–water partition coefficient (Wildman–Crippen LogP) is 3.47. The van der Waals surface area contributed by atoms with E-state index >= 15 is 0 Å². The lowest BCUT2D eigenvalue weighted by Crippen LogP contribution is -2.37. The molecule has 0 aromatic heterocycles. The smallest absolute Gasteiger partial charge is 0.256 e. The van der Waals surface area contributed by atoms with E-state index in [1.54, 1.807) is 43.4 Å². The Balaban J connectivity index is 1.95. The molecule has 0 bridgehead atoms. The van der Waals surface area contributed by atoms with E-state index in [-0.39, 0.29) is 30.5 Å². The SMILES string of the molecule is COc1ccc(OC)c([C@@H]2CN(C(=O)c3ccccc3F)C[C@@H]2C(=O)NCC(C)C)c1. The molecular weight excluding hydrogens is 399 g/mol. The van der Waals surface area contributed by atoms with Gasteiger partial charge in [-0.25, -0.2) is 4.39 Å². The van der Waals surface area contributed by atoms with E-state index in [1.807, 2.05) is 19.9 Å². The van der Waals surface area contributed by atoms with Crippen molar-refractivity contribution in [2.75, 3.05) is 33.9 Å². The van der Waals surface area contributed by atoms with Gasteiger partial charge in [0.05, 0.1) is 25.7 Å². The molecule has 1 heterocycles.